The van der Waals surface area contributed by atoms with E-state index >= 15 is 0 Å². The Morgan fingerprint density at radius 3 is 2.71 bits per heavy atom. The van der Waals surface area contributed by atoms with Crippen LogP contribution in [0.5, 0.6) is 0 Å². The van der Waals surface area contributed by atoms with Crippen molar-refractivity contribution in [3.05, 3.63) is 29.6 Å². The maximum Gasteiger partial charge on any atom is 0.321 e. The minimum absolute atomic E-state index is 0.114. The fourth-order valence-corrected chi connectivity index (χ4v) is 1.12. The minimum atomic E-state index is -0.547. The lowest BCUT2D eigenvalue weighted by Crippen LogP contribution is -2.28. The zero-order valence-corrected chi connectivity index (χ0v) is 9.44. The molecule has 0 fully saturated rings. The third-order valence-electron chi connectivity index (χ3n) is 2.01. The zero-order chi connectivity index (χ0) is 13.0. The van der Waals surface area contributed by atoms with Crippen molar-refractivity contribution in [2.75, 3.05) is 19.4 Å². The van der Waals surface area contributed by atoms with Crippen LogP contribution in [-0.4, -0.2) is 36.1 Å². The molecule has 1 aromatic rings. The van der Waals surface area contributed by atoms with Crippen molar-refractivity contribution in [2.24, 2.45) is 10.9 Å². The number of carbonyl (C=O) groups is 1. The van der Waals surface area contributed by atoms with Gasteiger partial charge in [-0.25, -0.2) is 9.18 Å². The summed E-state index contributed by atoms with van der Waals surface area (Å²) in [6.45, 7) is 0. The van der Waals surface area contributed by atoms with Crippen LogP contribution in [0, 0.1) is 5.82 Å². The van der Waals surface area contributed by atoms with Crippen molar-refractivity contribution < 1.29 is 14.4 Å². The van der Waals surface area contributed by atoms with E-state index in [9.17, 15) is 9.18 Å². The third kappa shape index (κ3) is 3.07. The Morgan fingerprint density at radius 2 is 2.18 bits per heavy atom. The average Bonchev–Trinajstić information content (AvgIpc) is 2.30. The highest BCUT2D eigenvalue weighted by molar-refractivity contribution is 6.05. The molecule has 0 saturated heterocycles. The van der Waals surface area contributed by atoms with E-state index in [0.717, 1.165) is 6.07 Å². The lowest BCUT2D eigenvalue weighted by Gasteiger charge is -2.14. The number of benzene rings is 1. The molecule has 6 nitrogen and oxygen atoms in total. The lowest BCUT2D eigenvalue weighted by atomic mass is 10.1. The summed E-state index contributed by atoms with van der Waals surface area (Å²) < 4.78 is 13.0. The molecule has 0 unspecified atom stereocenters. The molecule has 1 aromatic carbocycles. The first kappa shape index (κ1) is 12.8. The molecular weight excluding hydrogens is 227 g/mol. The van der Waals surface area contributed by atoms with E-state index in [-0.39, 0.29) is 17.1 Å². The second-order valence-electron chi connectivity index (χ2n) is 3.50. The van der Waals surface area contributed by atoms with Gasteiger partial charge >= 0.3 is 6.03 Å². The number of halogens is 1. The maximum absolute atomic E-state index is 13.0. The highest BCUT2D eigenvalue weighted by Crippen LogP contribution is 2.17. The molecule has 7 heteroatoms. The lowest BCUT2D eigenvalue weighted by molar-refractivity contribution is 0.230. The third-order valence-corrected chi connectivity index (χ3v) is 2.01. The number of hydrogen-bond acceptors (Lipinski definition) is 3. The van der Waals surface area contributed by atoms with Crippen LogP contribution in [0.3, 0.4) is 0 Å². The van der Waals surface area contributed by atoms with Crippen molar-refractivity contribution in [2.45, 2.75) is 0 Å². The number of carbonyl (C=O) groups excluding carboxylic acids is 1. The van der Waals surface area contributed by atoms with Gasteiger partial charge in [0.25, 0.3) is 0 Å². The molecule has 2 amide bonds. The van der Waals surface area contributed by atoms with Gasteiger partial charge in [-0.1, -0.05) is 5.16 Å². The van der Waals surface area contributed by atoms with Crippen LogP contribution in [0.4, 0.5) is 14.9 Å². The molecule has 0 aliphatic rings. The summed E-state index contributed by atoms with van der Waals surface area (Å²) in [7, 11) is 3.12. The number of nitrogens with two attached hydrogens (primary N) is 1. The number of amides is 2. The topological polar surface area (TPSA) is 91.0 Å². The van der Waals surface area contributed by atoms with E-state index in [0.29, 0.717) is 0 Å². The molecule has 92 valence electrons. The summed E-state index contributed by atoms with van der Waals surface area (Å²) >= 11 is 0. The summed E-state index contributed by atoms with van der Waals surface area (Å²) in [6.07, 6.45) is 0. The van der Waals surface area contributed by atoms with E-state index < -0.39 is 11.8 Å². The second kappa shape index (κ2) is 5.15. The van der Waals surface area contributed by atoms with Crippen LogP contribution >= 0.6 is 0 Å². The fourth-order valence-electron chi connectivity index (χ4n) is 1.12. The standard InChI is InChI=1S/C10H13FN4O2/c1-15(2)10(16)13-8-4-3-6(11)5-7(8)9(12)14-17/h3-5,17H,1-2H3,(H2,12,14)(H,13,16). The van der Waals surface area contributed by atoms with Crippen LogP contribution in [0.2, 0.25) is 0 Å². The van der Waals surface area contributed by atoms with Gasteiger partial charge in [0.2, 0.25) is 0 Å². The molecule has 0 aliphatic heterocycles. The Balaban J connectivity index is 3.11. The smallest absolute Gasteiger partial charge is 0.321 e. The molecular formula is C10H13FN4O2. The molecule has 0 radical (unpaired) electrons. The second-order valence-corrected chi connectivity index (χ2v) is 3.50. The van der Waals surface area contributed by atoms with Crippen LogP contribution in [0.15, 0.2) is 23.4 Å². The molecule has 0 heterocycles. The van der Waals surface area contributed by atoms with Crippen molar-refractivity contribution in [1.82, 2.24) is 4.90 Å². The Hall–Kier alpha value is -2.31. The predicted octanol–water partition coefficient (Wildman–Crippen LogP) is 1.01. The summed E-state index contributed by atoms with van der Waals surface area (Å²) in [5.41, 5.74) is 5.76. The van der Waals surface area contributed by atoms with Crippen molar-refractivity contribution >= 4 is 17.6 Å². The SMILES string of the molecule is CN(C)C(=O)Nc1ccc(F)cc1/C(N)=N/O. The van der Waals surface area contributed by atoms with Crippen molar-refractivity contribution in [3.63, 3.8) is 0 Å². The summed E-state index contributed by atoms with van der Waals surface area (Å²) in [5.74, 6) is -0.826. The molecule has 0 spiro atoms. The molecule has 1 rings (SSSR count). The van der Waals surface area contributed by atoms with Crippen LogP contribution in [0.25, 0.3) is 0 Å². The van der Waals surface area contributed by atoms with Crippen LogP contribution < -0.4 is 11.1 Å². The van der Waals surface area contributed by atoms with Gasteiger partial charge in [-0.3, -0.25) is 0 Å². The van der Waals surface area contributed by atoms with Crippen molar-refractivity contribution in [1.29, 1.82) is 0 Å². The molecule has 0 aliphatic carbocycles. The Morgan fingerprint density at radius 1 is 1.53 bits per heavy atom. The van der Waals surface area contributed by atoms with Crippen LogP contribution in [0.1, 0.15) is 5.56 Å². The molecule has 0 atom stereocenters. The Kier molecular flexibility index (Phi) is 3.86. The van der Waals surface area contributed by atoms with Crippen molar-refractivity contribution in [3.8, 4) is 0 Å². The summed E-state index contributed by atoms with van der Waals surface area (Å²) in [5, 5.41) is 13.8. The normalized spacial score (nSPS) is 11.1. The quantitative estimate of drug-likeness (QED) is 0.312. The molecule has 4 N–H and O–H groups in total. The Bertz CT molecular complexity index is 460. The number of amidine groups is 1. The van der Waals surface area contributed by atoms with Gasteiger partial charge in [-0.2, -0.15) is 0 Å². The predicted molar refractivity (Wildman–Crippen MR) is 61.6 cm³/mol. The largest absolute Gasteiger partial charge is 0.409 e. The van der Waals surface area contributed by atoms with Gasteiger partial charge in [-0.15, -0.1) is 0 Å². The number of rotatable bonds is 2. The van der Waals surface area contributed by atoms with Gasteiger partial charge in [0.1, 0.15) is 5.82 Å². The van der Waals surface area contributed by atoms with E-state index in [2.05, 4.69) is 10.5 Å². The van der Waals surface area contributed by atoms with Crippen LogP contribution in [-0.2, 0) is 0 Å². The van der Waals surface area contributed by atoms with Gasteiger partial charge in [0.15, 0.2) is 5.84 Å². The number of urea groups is 1. The maximum atomic E-state index is 13.0. The number of nitrogens with one attached hydrogen (secondary N) is 1. The monoisotopic (exact) mass is 240 g/mol. The van der Waals surface area contributed by atoms with E-state index in [1.54, 1.807) is 14.1 Å². The number of nitrogens with zero attached hydrogens (tertiary/aromatic N) is 2. The zero-order valence-electron chi connectivity index (χ0n) is 9.44. The highest BCUT2D eigenvalue weighted by atomic mass is 19.1. The van der Waals surface area contributed by atoms with Gasteiger partial charge in [0, 0.05) is 19.7 Å². The minimum Gasteiger partial charge on any atom is -0.409 e. The fraction of sp³-hybridized carbons (Fsp3) is 0.200. The average molecular weight is 240 g/mol. The first-order chi connectivity index (χ1) is 7.95. The number of anilines is 1. The van der Waals surface area contributed by atoms with Gasteiger partial charge in [-0.05, 0) is 18.2 Å². The van der Waals surface area contributed by atoms with Gasteiger partial charge in [0.05, 0.1) is 5.69 Å². The first-order valence-corrected chi connectivity index (χ1v) is 4.71. The number of hydrogen-bond donors (Lipinski definition) is 3. The summed E-state index contributed by atoms with van der Waals surface area (Å²) in [6, 6.07) is 3.17. The molecule has 0 aromatic heterocycles. The highest BCUT2D eigenvalue weighted by Gasteiger charge is 2.12. The van der Waals surface area contributed by atoms with E-state index in [4.69, 9.17) is 10.9 Å². The van der Waals surface area contributed by atoms with E-state index in [1.165, 1.54) is 17.0 Å². The molecule has 0 saturated carbocycles. The summed E-state index contributed by atoms with van der Waals surface area (Å²) in [4.78, 5) is 12.7. The van der Waals surface area contributed by atoms with Gasteiger partial charge < -0.3 is 21.2 Å². The van der Waals surface area contributed by atoms with E-state index in [1.807, 2.05) is 0 Å². The Labute approximate surface area is 97.5 Å². The number of oxime groups is 1. The first-order valence-electron chi connectivity index (χ1n) is 4.71. The molecule has 0 bridgehead atoms. The molecule has 17 heavy (non-hydrogen) atoms.